The lowest BCUT2D eigenvalue weighted by Crippen LogP contribution is -2.46. The molecule has 0 aliphatic rings. The second-order valence-electron chi connectivity index (χ2n) is 16.8. The minimum atomic E-state index is -0.813. The molecule has 0 aromatic rings. The smallest absolute Gasteiger partial charge is 0.306 e. The van der Waals surface area contributed by atoms with Crippen LogP contribution in [0.2, 0.25) is 0 Å². The Bertz CT molecular complexity index is 1120. The summed E-state index contributed by atoms with van der Waals surface area (Å²) in [5.74, 6) is -0.588. The summed E-state index contributed by atoms with van der Waals surface area (Å²) in [5.41, 5.74) is 0. The number of allylic oxidation sites excluding steroid dienone is 11. The van der Waals surface area contributed by atoms with E-state index >= 15 is 0 Å². The van der Waals surface area contributed by atoms with Crippen LogP contribution >= 0.6 is 0 Å². The number of hydrogen-bond donors (Lipinski definition) is 3. The molecule has 0 fully saturated rings. The van der Waals surface area contributed by atoms with Crippen molar-refractivity contribution >= 4 is 11.9 Å². The Morgan fingerprint density at radius 1 is 0.517 bits per heavy atom. The van der Waals surface area contributed by atoms with Crippen molar-refractivity contribution < 1.29 is 24.5 Å². The van der Waals surface area contributed by atoms with E-state index in [0.717, 1.165) is 77.0 Å². The molecule has 0 saturated heterocycles. The first kappa shape index (κ1) is 57.3. The number of ether oxygens (including phenoxy) is 1. The summed E-state index contributed by atoms with van der Waals surface area (Å²) in [5, 5.41) is 23.7. The summed E-state index contributed by atoms with van der Waals surface area (Å²) < 4.78 is 5.86. The van der Waals surface area contributed by atoms with Crippen molar-refractivity contribution in [2.75, 3.05) is 6.61 Å². The number of unbranched alkanes of at least 4 members (excludes halogenated alkanes) is 21. The van der Waals surface area contributed by atoms with Gasteiger partial charge in [-0.2, -0.15) is 0 Å². The van der Waals surface area contributed by atoms with Crippen LogP contribution in [0.3, 0.4) is 0 Å². The molecule has 346 valence electrons. The highest BCUT2D eigenvalue weighted by atomic mass is 16.5. The standard InChI is InChI=1S/C54H95NO5/c1-4-7-10-13-16-19-22-25-27-28-30-33-36-39-42-45-50(60-54(59)47-44-41-38-35-32-29-26-23-20-17-14-11-8-5-2)48-53(58)55-51(49-56)52(57)46-43-40-37-34-31-24-21-18-15-12-9-6-3/h8,11,16-17,19-20,25,27,30,33,39,42,50-52,56-57H,4-7,9-10,12-15,18,21-24,26,28-29,31-32,34-38,40-41,43-49H2,1-3H3,(H,55,58)/b11-8+,19-16-,20-17+,27-25-,33-30-,42-39-. The number of carbonyl (C=O) groups is 2. The maximum absolute atomic E-state index is 13.2. The maximum atomic E-state index is 13.2. The molecule has 0 saturated carbocycles. The SMILES string of the molecule is CC/C=C/C/C=C/CCCCCCCCCC(=O)OC(C/C=C\C/C=C\C/C=C\C/C=C\CCCCC)CC(=O)NC(CO)C(O)CCCCCCCCCCCCCC. The molecule has 0 spiro atoms. The highest BCUT2D eigenvalue weighted by Gasteiger charge is 2.23. The quantitative estimate of drug-likeness (QED) is 0.0323. The number of hydrogen-bond acceptors (Lipinski definition) is 5. The van der Waals surface area contributed by atoms with Crippen LogP contribution in [-0.4, -0.2) is 46.9 Å². The topological polar surface area (TPSA) is 95.9 Å². The Hall–Kier alpha value is -2.70. The lowest BCUT2D eigenvalue weighted by molar-refractivity contribution is -0.150. The molecule has 3 N–H and O–H groups in total. The summed E-state index contributed by atoms with van der Waals surface area (Å²) in [4.78, 5) is 26.1. The third-order valence-corrected chi connectivity index (χ3v) is 11.0. The molecule has 0 heterocycles. The average Bonchev–Trinajstić information content (AvgIpc) is 3.24. The second-order valence-corrected chi connectivity index (χ2v) is 16.8. The number of amides is 1. The van der Waals surface area contributed by atoms with E-state index in [-0.39, 0.29) is 24.9 Å². The predicted octanol–water partition coefficient (Wildman–Crippen LogP) is 15.0. The zero-order valence-electron chi connectivity index (χ0n) is 39.3. The van der Waals surface area contributed by atoms with Crippen molar-refractivity contribution in [1.29, 1.82) is 0 Å². The summed E-state index contributed by atoms with van der Waals surface area (Å²) >= 11 is 0. The largest absolute Gasteiger partial charge is 0.461 e. The van der Waals surface area contributed by atoms with Crippen LogP contribution in [0.5, 0.6) is 0 Å². The summed E-state index contributed by atoms with van der Waals surface area (Å²) in [6.45, 7) is 6.31. The van der Waals surface area contributed by atoms with Crippen LogP contribution in [-0.2, 0) is 14.3 Å². The minimum absolute atomic E-state index is 0.00375. The van der Waals surface area contributed by atoms with Gasteiger partial charge in [0, 0.05) is 12.8 Å². The van der Waals surface area contributed by atoms with Crippen molar-refractivity contribution in [3.8, 4) is 0 Å². The van der Waals surface area contributed by atoms with Gasteiger partial charge in [-0.3, -0.25) is 9.59 Å². The van der Waals surface area contributed by atoms with E-state index in [2.05, 4.69) is 86.8 Å². The molecule has 6 heteroatoms. The fourth-order valence-electron chi connectivity index (χ4n) is 7.21. The third kappa shape index (κ3) is 42.0. The lowest BCUT2D eigenvalue weighted by Gasteiger charge is -2.24. The zero-order valence-corrected chi connectivity index (χ0v) is 39.3. The van der Waals surface area contributed by atoms with E-state index in [4.69, 9.17) is 4.74 Å². The number of aliphatic hydroxyl groups is 2. The Kier molecular flexibility index (Phi) is 45.2. The Morgan fingerprint density at radius 3 is 1.45 bits per heavy atom. The second kappa shape index (κ2) is 47.4. The minimum Gasteiger partial charge on any atom is -0.461 e. The van der Waals surface area contributed by atoms with Crippen LogP contribution in [0.25, 0.3) is 0 Å². The Labute approximate surface area is 371 Å². The fraction of sp³-hybridized carbons (Fsp3) is 0.741. The number of nitrogens with one attached hydrogen (secondary N) is 1. The number of rotatable bonds is 44. The van der Waals surface area contributed by atoms with Crippen LogP contribution in [0, 0.1) is 0 Å². The number of esters is 1. The van der Waals surface area contributed by atoms with Gasteiger partial charge in [0.05, 0.1) is 25.2 Å². The normalized spacial score (nSPS) is 13.9. The maximum Gasteiger partial charge on any atom is 0.306 e. The van der Waals surface area contributed by atoms with E-state index in [1.165, 1.54) is 109 Å². The molecule has 0 aliphatic carbocycles. The van der Waals surface area contributed by atoms with Gasteiger partial charge in [-0.15, -0.1) is 0 Å². The van der Waals surface area contributed by atoms with Gasteiger partial charge in [-0.05, 0) is 70.6 Å². The molecule has 0 aliphatic heterocycles. The lowest BCUT2D eigenvalue weighted by atomic mass is 10.0. The van der Waals surface area contributed by atoms with Crippen molar-refractivity contribution in [3.05, 3.63) is 72.9 Å². The van der Waals surface area contributed by atoms with Gasteiger partial charge in [-0.25, -0.2) is 0 Å². The molecule has 1 amide bonds. The first-order chi connectivity index (χ1) is 29.5. The van der Waals surface area contributed by atoms with E-state index in [9.17, 15) is 19.8 Å². The van der Waals surface area contributed by atoms with Crippen LogP contribution in [0.15, 0.2) is 72.9 Å². The van der Waals surface area contributed by atoms with Crippen molar-refractivity contribution in [3.63, 3.8) is 0 Å². The molecule has 0 rings (SSSR count). The first-order valence-electron chi connectivity index (χ1n) is 25.2. The molecule has 0 aromatic carbocycles. The highest BCUT2D eigenvalue weighted by Crippen LogP contribution is 2.16. The van der Waals surface area contributed by atoms with E-state index in [0.29, 0.717) is 19.3 Å². The predicted molar refractivity (Wildman–Crippen MR) is 259 cm³/mol. The van der Waals surface area contributed by atoms with Crippen molar-refractivity contribution in [2.45, 2.75) is 251 Å². The van der Waals surface area contributed by atoms with Gasteiger partial charge < -0.3 is 20.3 Å². The van der Waals surface area contributed by atoms with Gasteiger partial charge in [0.25, 0.3) is 0 Å². The van der Waals surface area contributed by atoms with Gasteiger partial charge in [0.2, 0.25) is 5.91 Å². The molecule has 3 atom stereocenters. The third-order valence-electron chi connectivity index (χ3n) is 11.0. The van der Waals surface area contributed by atoms with Gasteiger partial charge in [0.15, 0.2) is 0 Å². The van der Waals surface area contributed by atoms with Gasteiger partial charge in [-0.1, -0.05) is 216 Å². The molecular weight excluding hydrogens is 743 g/mol. The van der Waals surface area contributed by atoms with Crippen molar-refractivity contribution in [2.24, 2.45) is 0 Å². The van der Waals surface area contributed by atoms with Gasteiger partial charge in [0.1, 0.15) is 6.10 Å². The molecule has 60 heavy (non-hydrogen) atoms. The summed E-state index contributed by atoms with van der Waals surface area (Å²) in [6, 6.07) is -0.734. The molecular formula is C54H95NO5. The van der Waals surface area contributed by atoms with E-state index in [1.54, 1.807) is 0 Å². The van der Waals surface area contributed by atoms with Gasteiger partial charge >= 0.3 is 5.97 Å². The molecule has 0 aromatic heterocycles. The highest BCUT2D eigenvalue weighted by molar-refractivity contribution is 5.77. The molecule has 6 nitrogen and oxygen atoms in total. The monoisotopic (exact) mass is 838 g/mol. The summed E-state index contributed by atoms with van der Waals surface area (Å²) in [7, 11) is 0. The number of carbonyl (C=O) groups excluding carboxylic acids is 2. The Balaban J connectivity index is 4.74. The molecule has 0 bridgehead atoms. The number of aliphatic hydroxyl groups excluding tert-OH is 2. The molecule has 0 radical (unpaired) electrons. The van der Waals surface area contributed by atoms with Crippen molar-refractivity contribution in [1.82, 2.24) is 5.32 Å². The summed E-state index contributed by atoms with van der Waals surface area (Å²) in [6.07, 6.45) is 59.7. The van der Waals surface area contributed by atoms with Crippen LogP contribution < -0.4 is 5.32 Å². The van der Waals surface area contributed by atoms with E-state index < -0.39 is 18.2 Å². The van der Waals surface area contributed by atoms with E-state index in [1.807, 2.05) is 12.2 Å². The van der Waals surface area contributed by atoms with Crippen LogP contribution in [0.4, 0.5) is 0 Å². The zero-order chi connectivity index (χ0) is 43.8. The first-order valence-corrected chi connectivity index (χ1v) is 25.2. The van der Waals surface area contributed by atoms with Crippen LogP contribution in [0.1, 0.15) is 233 Å². The average molecular weight is 838 g/mol. The Morgan fingerprint density at radius 2 is 0.933 bits per heavy atom. The fourth-order valence-corrected chi connectivity index (χ4v) is 7.21. The molecule has 3 unspecified atom stereocenters.